The average molecular weight is 323 g/mol. The van der Waals surface area contributed by atoms with Crippen LogP contribution in [0.4, 0.5) is 0 Å². The smallest absolute Gasteiger partial charge is 0.335 e. The minimum absolute atomic E-state index is 0.124. The molecule has 3 heterocycles. The van der Waals surface area contributed by atoms with E-state index >= 15 is 0 Å². The molecule has 0 bridgehead atoms. The van der Waals surface area contributed by atoms with Crippen molar-refractivity contribution >= 4 is 10.8 Å². The predicted molar refractivity (Wildman–Crippen MR) is 88.7 cm³/mol. The Bertz CT molecular complexity index is 847. The molecule has 0 saturated carbocycles. The van der Waals surface area contributed by atoms with Crippen LogP contribution in [-0.4, -0.2) is 44.5 Å². The third kappa shape index (κ3) is 2.98. The lowest BCUT2D eigenvalue weighted by molar-refractivity contribution is 0.147. The summed E-state index contributed by atoms with van der Waals surface area (Å²) >= 11 is 0. The normalized spacial score (nSPS) is 15.5. The highest BCUT2D eigenvalue weighted by Crippen LogP contribution is 2.31. The van der Waals surface area contributed by atoms with Crippen molar-refractivity contribution in [2.24, 2.45) is 0 Å². The van der Waals surface area contributed by atoms with Gasteiger partial charge in [-0.15, -0.1) is 5.10 Å². The number of aromatic hydroxyl groups is 1. The van der Waals surface area contributed by atoms with E-state index in [1.54, 1.807) is 24.7 Å². The lowest BCUT2D eigenvalue weighted by Gasteiger charge is -2.22. The van der Waals surface area contributed by atoms with Crippen LogP contribution in [0.5, 0.6) is 11.8 Å². The molecule has 0 atom stereocenters. The molecule has 0 spiro atoms. The number of hydrogen-bond acceptors (Lipinski definition) is 7. The van der Waals surface area contributed by atoms with E-state index in [0.29, 0.717) is 11.3 Å². The number of pyridine rings is 1. The Morgan fingerprint density at radius 3 is 2.75 bits per heavy atom. The number of aromatic nitrogens is 4. The fourth-order valence-electron chi connectivity index (χ4n) is 2.83. The van der Waals surface area contributed by atoms with Crippen molar-refractivity contribution in [1.29, 1.82) is 0 Å². The van der Waals surface area contributed by atoms with Gasteiger partial charge in [0.1, 0.15) is 17.5 Å². The molecular formula is C17H17N5O2. The maximum atomic E-state index is 10.2. The van der Waals surface area contributed by atoms with Crippen LogP contribution in [-0.2, 0) is 0 Å². The Morgan fingerprint density at radius 2 is 1.96 bits per heavy atom. The fraction of sp³-hybridized carbons (Fsp3) is 0.294. The van der Waals surface area contributed by atoms with Crippen LogP contribution in [0, 0.1) is 0 Å². The van der Waals surface area contributed by atoms with Crippen LogP contribution >= 0.6 is 0 Å². The molecule has 122 valence electrons. The monoisotopic (exact) mass is 323 g/mol. The number of piperidine rings is 1. The molecule has 1 aliphatic heterocycles. The molecule has 0 radical (unpaired) electrons. The molecule has 2 N–H and O–H groups in total. The second-order valence-electron chi connectivity index (χ2n) is 5.79. The topological polar surface area (TPSA) is 93.1 Å². The maximum absolute atomic E-state index is 10.2. The van der Waals surface area contributed by atoms with Gasteiger partial charge in [-0.3, -0.25) is 4.98 Å². The zero-order chi connectivity index (χ0) is 16.4. The first-order valence-corrected chi connectivity index (χ1v) is 7.94. The van der Waals surface area contributed by atoms with Gasteiger partial charge in [-0.05, 0) is 49.5 Å². The first-order chi connectivity index (χ1) is 11.8. The Kier molecular flexibility index (Phi) is 3.92. The summed E-state index contributed by atoms with van der Waals surface area (Å²) in [5.41, 5.74) is 1.09. The van der Waals surface area contributed by atoms with Crippen molar-refractivity contribution in [3.8, 4) is 23.0 Å². The number of fused-ring (bicyclic) bond motifs is 1. The first kappa shape index (κ1) is 14.8. The molecule has 0 aliphatic carbocycles. The minimum Gasteiger partial charge on any atom is -0.507 e. The van der Waals surface area contributed by atoms with Gasteiger partial charge >= 0.3 is 6.01 Å². The van der Waals surface area contributed by atoms with Gasteiger partial charge in [-0.1, -0.05) is 5.10 Å². The van der Waals surface area contributed by atoms with E-state index < -0.39 is 0 Å². The number of benzene rings is 1. The molecule has 7 nitrogen and oxygen atoms in total. The van der Waals surface area contributed by atoms with Gasteiger partial charge in [0, 0.05) is 23.3 Å². The van der Waals surface area contributed by atoms with Crippen molar-refractivity contribution in [3.63, 3.8) is 0 Å². The number of rotatable bonds is 3. The molecule has 2 aromatic heterocycles. The van der Waals surface area contributed by atoms with Crippen molar-refractivity contribution < 1.29 is 9.84 Å². The number of nitrogens with zero attached hydrogens (tertiary/aromatic N) is 4. The van der Waals surface area contributed by atoms with E-state index in [4.69, 9.17) is 4.74 Å². The van der Waals surface area contributed by atoms with E-state index in [2.05, 4.69) is 25.5 Å². The molecule has 0 amide bonds. The highest BCUT2D eigenvalue weighted by molar-refractivity contribution is 5.89. The van der Waals surface area contributed by atoms with E-state index in [1.165, 1.54) is 0 Å². The molecule has 0 unspecified atom stereocenters. The summed E-state index contributed by atoms with van der Waals surface area (Å²) in [6.07, 6.45) is 6.99. The second kappa shape index (κ2) is 6.37. The van der Waals surface area contributed by atoms with Crippen LogP contribution in [0.2, 0.25) is 0 Å². The number of nitrogens with one attached hydrogen (secondary N) is 1. The highest BCUT2D eigenvalue weighted by Gasteiger charge is 2.16. The fourth-order valence-corrected chi connectivity index (χ4v) is 2.83. The number of ether oxygens (including phenoxy) is 1. The summed E-state index contributed by atoms with van der Waals surface area (Å²) in [5, 5.41) is 23.5. The van der Waals surface area contributed by atoms with Crippen LogP contribution in [0.3, 0.4) is 0 Å². The summed E-state index contributed by atoms with van der Waals surface area (Å²) in [6.45, 7) is 1.88. The van der Waals surface area contributed by atoms with Crippen molar-refractivity contribution in [2.45, 2.75) is 18.9 Å². The Hall–Kier alpha value is -2.80. The van der Waals surface area contributed by atoms with Gasteiger partial charge in [0.15, 0.2) is 0 Å². The van der Waals surface area contributed by atoms with Crippen LogP contribution < -0.4 is 10.1 Å². The second-order valence-corrected chi connectivity index (χ2v) is 5.79. The highest BCUT2D eigenvalue weighted by atomic mass is 16.5. The SMILES string of the molecule is Oc1cc2cnccc2cc1-c1cnc(OC2CCNCC2)nn1. The number of hydrogen-bond donors (Lipinski definition) is 2. The molecule has 1 aliphatic rings. The molecular weight excluding hydrogens is 306 g/mol. The first-order valence-electron chi connectivity index (χ1n) is 7.94. The number of phenolic OH excluding ortho intramolecular Hbond substituents is 1. The summed E-state index contributed by atoms with van der Waals surface area (Å²) in [5.74, 6) is 0.124. The van der Waals surface area contributed by atoms with Gasteiger partial charge in [-0.25, -0.2) is 4.98 Å². The van der Waals surface area contributed by atoms with Crippen LogP contribution in [0.15, 0.2) is 36.8 Å². The minimum atomic E-state index is 0.124. The molecule has 3 aromatic rings. The maximum Gasteiger partial charge on any atom is 0.335 e. The van der Waals surface area contributed by atoms with Crippen LogP contribution in [0.1, 0.15) is 12.8 Å². The van der Waals surface area contributed by atoms with E-state index in [-0.39, 0.29) is 17.9 Å². The Balaban J connectivity index is 1.59. The van der Waals surface area contributed by atoms with Gasteiger partial charge < -0.3 is 15.2 Å². The molecule has 1 fully saturated rings. The van der Waals surface area contributed by atoms with Gasteiger partial charge in [-0.2, -0.15) is 0 Å². The Morgan fingerprint density at radius 1 is 1.08 bits per heavy atom. The molecule has 4 rings (SSSR count). The van der Waals surface area contributed by atoms with Crippen LogP contribution in [0.25, 0.3) is 22.0 Å². The van der Waals surface area contributed by atoms with Gasteiger partial charge in [0.2, 0.25) is 0 Å². The summed E-state index contributed by atoms with van der Waals surface area (Å²) in [7, 11) is 0. The van der Waals surface area contributed by atoms with Crippen molar-refractivity contribution in [2.75, 3.05) is 13.1 Å². The predicted octanol–water partition coefficient (Wildman–Crippen LogP) is 1.92. The van der Waals surface area contributed by atoms with E-state index in [1.807, 2.05) is 12.1 Å². The zero-order valence-electron chi connectivity index (χ0n) is 13.0. The summed E-state index contributed by atoms with van der Waals surface area (Å²) in [6, 6.07) is 5.67. The quantitative estimate of drug-likeness (QED) is 0.760. The average Bonchev–Trinajstić information content (AvgIpc) is 2.63. The lowest BCUT2D eigenvalue weighted by atomic mass is 10.1. The van der Waals surface area contributed by atoms with Crippen molar-refractivity contribution in [3.05, 3.63) is 36.8 Å². The lowest BCUT2D eigenvalue weighted by Crippen LogP contribution is -2.34. The molecule has 24 heavy (non-hydrogen) atoms. The summed E-state index contributed by atoms with van der Waals surface area (Å²) in [4.78, 5) is 8.28. The van der Waals surface area contributed by atoms with E-state index in [9.17, 15) is 5.11 Å². The largest absolute Gasteiger partial charge is 0.507 e. The molecule has 7 heteroatoms. The van der Waals surface area contributed by atoms with E-state index in [0.717, 1.165) is 36.7 Å². The standard InChI is InChI=1S/C17H17N5O2/c23-16-8-12-9-19-4-1-11(12)7-14(16)15-10-20-17(22-21-15)24-13-2-5-18-6-3-13/h1,4,7-10,13,18,23H,2-3,5-6H2. The molecule has 1 saturated heterocycles. The van der Waals surface area contributed by atoms with Gasteiger partial charge in [0.05, 0.1) is 6.20 Å². The third-order valence-corrected chi connectivity index (χ3v) is 4.13. The molecule has 1 aromatic carbocycles. The zero-order valence-corrected chi connectivity index (χ0v) is 13.0. The van der Waals surface area contributed by atoms with Crippen molar-refractivity contribution in [1.82, 2.24) is 25.5 Å². The number of phenols is 1. The third-order valence-electron chi connectivity index (χ3n) is 4.13. The summed E-state index contributed by atoms with van der Waals surface area (Å²) < 4.78 is 5.75. The Labute approximate surface area is 138 Å². The van der Waals surface area contributed by atoms with Gasteiger partial charge in [0.25, 0.3) is 0 Å².